The van der Waals surface area contributed by atoms with E-state index in [1.165, 1.54) is 13.2 Å². The van der Waals surface area contributed by atoms with Crippen LogP contribution in [0.1, 0.15) is 12.0 Å². The van der Waals surface area contributed by atoms with Crippen LogP contribution in [0, 0.1) is 0 Å². The first-order chi connectivity index (χ1) is 11.1. The Morgan fingerprint density at radius 1 is 1.21 bits per heavy atom. The third kappa shape index (κ3) is 8.48. The number of guanidine groups is 1. The predicted molar refractivity (Wildman–Crippen MR) is 99.7 cm³/mol. The number of benzene rings is 1. The predicted octanol–water partition coefficient (Wildman–Crippen LogP) is 2.62. The van der Waals surface area contributed by atoms with Crippen LogP contribution in [0.2, 0.25) is 0 Å². The maximum absolute atomic E-state index is 12.4. The summed E-state index contributed by atoms with van der Waals surface area (Å²) in [5.74, 6) is 0.884. The smallest absolute Gasteiger partial charge is 0.387 e. The van der Waals surface area contributed by atoms with E-state index in [9.17, 15) is 8.78 Å². The van der Waals surface area contributed by atoms with E-state index in [2.05, 4.69) is 20.4 Å². The second-order valence-electron chi connectivity index (χ2n) is 4.56. The number of nitrogens with zero attached hydrogens (tertiary/aromatic N) is 1. The monoisotopic (exact) mass is 459 g/mol. The van der Waals surface area contributed by atoms with Gasteiger partial charge in [-0.25, -0.2) is 0 Å². The van der Waals surface area contributed by atoms with Crippen molar-refractivity contribution in [2.45, 2.75) is 19.6 Å². The van der Waals surface area contributed by atoms with E-state index in [-0.39, 0.29) is 35.5 Å². The van der Waals surface area contributed by atoms with E-state index in [0.29, 0.717) is 19.1 Å². The number of nitrogens with one attached hydrogen (secondary N) is 2. The number of ether oxygens (including phenoxy) is 3. The summed E-state index contributed by atoms with van der Waals surface area (Å²) in [6.07, 6.45) is 0.853. The lowest BCUT2D eigenvalue weighted by Crippen LogP contribution is -2.37. The highest BCUT2D eigenvalue weighted by molar-refractivity contribution is 14.0. The molecule has 1 rings (SSSR count). The van der Waals surface area contributed by atoms with Gasteiger partial charge in [-0.2, -0.15) is 8.78 Å². The van der Waals surface area contributed by atoms with E-state index in [4.69, 9.17) is 9.47 Å². The van der Waals surface area contributed by atoms with Crippen molar-refractivity contribution in [3.05, 3.63) is 23.8 Å². The number of methoxy groups -OCH3 is 2. The molecule has 1 aromatic rings. The van der Waals surface area contributed by atoms with E-state index in [1.54, 1.807) is 26.3 Å². The molecule has 2 N–H and O–H groups in total. The van der Waals surface area contributed by atoms with Crippen molar-refractivity contribution in [1.29, 1.82) is 0 Å². The minimum atomic E-state index is -2.90. The third-order valence-corrected chi connectivity index (χ3v) is 2.95. The molecule has 24 heavy (non-hydrogen) atoms. The van der Waals surface area contributed by atoms with Crippen LogP contribution < -0.4 is 20.1 Å². The van der Waals surface area contributed by atoms with E-state index >= 15 is 0 Å². The minimum Gasteiger partial charge on any atom is -0.493 e. The molecule has 0 unspecified atom stereocenters. The highest BCUT2D eigenvalue weighted by Gasteiger charge is 2.11. The van der Waals surface area contributed by atoms with Crippen molar-refractivity contribution in [1.82, 2.24) is 10.6 Å². The fourth-order valence-corrected chi connectivity index (χ4v) is 1.85. The molecule has 138 valence electrons. The second-order valence-corrected chi connectivity index (χ2v) is 4.56. The Labute approximate surface area is 158 Å². The number of hydrogen-bond acceptors (Lipinski definition) is 4. The maximum Gasteiger partial charge on any atom is 0.387 e. The van der Waals surface area contributed by atoms with E-state index in [0.717, 1.165) is 18.5 Å². The van der Waals surface area contributed by atoms with Crippen LogP contribution in [-0.4, -0.2) is 47.0 Å². The highest BCUT2D eigenvalue weighted by Crippen LogP contribution is 2.29. The van der Waals surface area contributed by atoms with Crippen molar-refractivity contribution in [2.75, 3.05) is 34.4 Å². The lowest BCUT2D eigenvalue weighted by atomic mass is 10.2. The van der Waals surface area contributed by atoms with Crippen molar-refractivity contribution >= 4 is 29.9 Å². The van der Waals surface area contributed by atoms with Gasteiger partial charge in [0.2, 0.25) is 0 Å². The average Bonchev–Trinajstić information content (AvgIpc) is 2.54. The molecule has 1 aromatic carbocycles. The normalized spacial score (nSPS) is 11.0. The zero-order valence-corrected chi connectivity index (χ0v) is 16.3. The minimum absolute atomic E-state index is 0. The van der Waals surface area contributed by atoms with Gasteiger partial charge in [0.15, 0.2) is 17.5 Å². The van der Waals surface area contributed by atoms with Crippen molar-refractivity contribution in [3.8, 4) is 11.5 Å². The highest BCUT2D eigenvalue weighted by atomic mass is 127. The Balaban J connectivity index is 0.00000529. The van der Waals surface area contributed by atoms with Gasteiger partial charge in [0.05, 0.1) is 7.11 Å². The molecule has 0 bridgehead atoms. The van der Waals surface area contributed by atoms with Gasteiger partial charge >= 0.3 is 6.61 Å². The molecule has 0 amide bonds. The molecule has 0 aliphatic heterocycles. The summed E-state index contributed by atoms with van der Waals surface area (Å²) in [5, 5.41) is 6.22. The zero-order valence-electron chi connectivity index (χ0n) is 14.0. The lowest BCUT2D eigenvalue weighted by Gasteiger charge is -2.14. The fourth-order valence-electron chi connectivity index (χ4n) is 1.85. The second kappa shape index (κ2) is 13.0. The summed E-state index contributed by atoms with van der Waals surface area (Å²) in [6.45, 7) is -1.11. The number of alkyl halides is 2. The van der Waals surface area contributed by atoms with E-state index in [1.807, 2.05) is 0 Å². The Kier molecular flexibility index (Phi) is 12.3. The largest absolute Gasteiger partial charge is 0.493 e. The molecule has 0 aromatic heterocycles. The zero-order chi connectivity index (χ0) is 17.1. The Hall–Kier alpha value is -1.36. The van der Waals surface area contributed by atoms with Gasteiger partial charge < -0.3 is 24.8 Å². The van der Waals surface area contributed by atoms with Gasteiger partial charge in [-0.15, -0.1) is 24.0 Å². The van der Waals surface area contributed by atoms with Crippen LogP contribution in [-0.2, 0) is 11.3 Å². The molecule has 0 radical (unpaired) electrons. The van der Waals surface area contributed by atoms with Crippen LogP contribution in [0.4, 0.5) is 8.78 Å². The van der Waals surface area contributed by atoms with Crippen LogP contribution in [0.3, 0.4) is 0 Å². The molecular weight excluding hydrogens is 435 g/mol. The topological polar surface area (TPSA) is 64.1 Å². The summed E-state index contributed by atoms with van der Waals surface area (Å²) >= 11 is 0. The number of hydrogen-bond donors (Lipinski definition) is 2. The van der Waals surface area contributed by atoms with Gasteiger partial charge in [-0.3, -0.25) is 4.99 Å². The molecule has 0 saturated carbocycles. The SMILES string of the molecule is CN=C(NCCCOC)NCc1ccc(OC)c(OC(F)F)c1.I. The lowest BCUT2D eigenvalue weighted by molar-refractivity contribution is -0.0512. The molecule has 0 spiro atoms. The first kappa shape index (κ1) is 22.6. The van der Waals surface area contributed by atoms with Crippen LogP contribution >= 0.6 is 24.0 Å². The molecule has 0 atom stereocenters. The summed E-state index contributed by atoms with van der Waals surface area (Å²) in [4.78, 5) is 4.08. The Morgan fingerprint density at radius 3 is 2.54 bits per heavy atom. The molecule has 0 saturated heterocycles. The fraction of sp³-hybridized carbons (Fsp3) is 0.533. The number of aliphatic imine (C=N–C) groups is 1. The van der Waals surface area contributed by atoms with Gasteiger partial charge in [0.1, 0.15) is 0 Å². The third-order valence-electron chi connectivity index (χ3n) is 2.95. The van der Waals surface area contributed by atoms with Gasteiger partial charge in [0, 0.05) is 33.9 Å². The molecular formula is C15H24F2IN3O3. The first-order valence-electron chi connectivity index (χ1n) is 7.16. The first-order valence-corrected chi connectivity index (χ1v) is 7.16. The summed E-state index contributed by atoms with van der Waals surface area (Å²) in [5.41, 5.74) is 0.765. The molecule has 0 fully saturated rings. The van der Waals surface area contributed by atoms with Crippen molar-refractivity contribution < 1.29 is 23.0 Å². The molecule has 0 aliphatic rings. The average molecular weight is 459 g/mol. The van der Waals surface area contributed by atoms with Crippen LogP contribution in [0.15, 0.2) is 23.2 Å². The van der Waals surface area contributed by atoms with Crippen molar-refractivity contribution in [3.63, 3.8) is 0 Å². The molecule has 9 heteroatoms. The van der Waals surface area contributed by atoms with Gasteiger partial charge in [0.25, 0.3) is 0 Å². The number of rotatable bonds is 9. The van der Waals surface area contributed by atoms with Crippen LogP contribution in [0.5, 0.6) is 11.5 Å². The molecule has 0 heterocycles. The standard InChI is InChI=1S/C15H23F2N3O3.HI/c1-18-15(19-7-4-8-21-2)20-10-11-5-6-12(22-3)13(9-11)23-14(16)17;/h5-6,9,14H,4,7-8,10H2,1-3H3,(H2,18,19,20);1H. The van der Waals surface area contributed by atoms with Gasteiger partial charge in [-0.05, 0) is 24.1 Å². The maximum atomic E-state index is 12.4. The quantitative estimate of drug-likeness (QED) is 0.257. The summed E-state index contributed by atoms with van der Waals surface area (Å²) in [7, 11) is 4.71. The van der Waals surface area contributed by atoms with Gasteiger partial charge in [-0.1, -0.05) is 6.07 Å². The van der Waals surface area contributed by atoms with E-state index < -0.39 is 6.61 Å². The molecule has 6 nitrogen and oxygen atoms in total. The Bertz CT molecular complexity index is 505. The molecule has 0 aliphatic carbocycles. The van der Waals surface area contributed by atoms with Crippen molar-refractivity contribution in [2.24, 2.45) is 4.99 Å². The summed E-state index contributed by atoms with van der Waals surface area (Å²) < 4.78 is 39.2. The van der Waals surface area contributed by atoms with Crippen LogP contribution in [0.25, 0.3) is 0 Å². The number of halogens is 3. The Morgan fingerprint density at radius 2 is 1.96 bits per heavy atom. The summed E-state index contributed by atoms with van der Waals surface area (Å²) in [6, 6.07) is 4.86.